The number of nitrogens with one attached hydrogen (secondary N) is 1. The Hall–Kier alpha value is -1.07. The number of hydrogen-bond donors (Lipinski definition) is 1. The Bertz CT molecular complexity index is 483. The molecule has 0 radical (unpaired) electrons. The van der Waals surface area contributed by atoms with Crippen molar-refractivity contribution in [2.45, 2.75) is 39.2 Å². The largest absolute Gasteiger partial charge is 0.494 e. The summed E-state index contributed by atoms with van der Waals surface area (Å²) in [6.07, 6.45) is 5.42. The van der Waals surface area contributed by atoms with Gasteiger partial charge in [0.1, 0.15) is 15.6 Å². The second kappa shape index (κ2) is 9.79. The summed E-state index contributed by atoms with van der Waals surface area (Å²) >= 11 is 0. The average Bonchev–Trinajstić information content (AvgIpc) is 2.43. The van der Waals surface area contributed by atoms with Gasteiger partial charge in [0.15, 0.2) is 0 Å². The van der Waals surface area contributed by atoms with E-state index in [1.807, 2.05) is 24.3 Å². The van der Waals surface area contributed by atoms with Gasteiger partial charge >= 0.3 is 0 Å². The highest BCUT2D eigenvalue weighted by Crippen LogP contribution is 2.12. The smallest absolute Gasteiger partial charge is 0.147 e. The third-order valence-corrected chi connectivity index (χ3v) is 4.17. The molecule has 0 unspecified atom stereocenters. The van der Waals surface area contributed by atoms with E-state index in [0.29, 0.717) is 13.0 Å². The molecule has 0 saturated heterocycles. The molecule has 0 fully saturated rings. The first kappa shape index (κ1) is 18.0. The van der Waals surface area contributed by atoms with Gasteiger partial charge in [-0.15, -0.1) is 0 Å². The summed E-state index contributed by atoms with van der Waals surface area (Å²) < 4.78 is 27.6. The highest BCUT2D eigenvalue weighted by molar-refractivity contribution is 7.90. The molecule has 0 aliphatic rings. The van der Waals surface area contributed by atoms with Gasteiger partial charge in [-0.25, -0.2) is 8.42 Å². The highest BCUT2D eigenvalue weighted by Gasteiger charge is 2.01. The van der Waals surface area contributed by atoms with Crippen molar-refractivity contribution in [3.63, 3.8) is 0 Å². The topological polar surface area (TPSA) is 55.4 Å². The number of rotatable bonds is 11. The molecule has 0 aliphatic heterocycles. The van der Waals surface area contributed by atoms with Crippen molar-refractivity contribution in [2.75, 3.05) is 25.2 Å². The Morgan fingerprint density at radius 2 is 1.81 bits per heavy atom. The quantitative estimate of drug-likeness (QED) is 0.638. The zero-order valence-electron chi connectivity index (χ0n) is 13.1. The Morgan fingerprint density at radius 3 is 2.43 bits per heavy atom. The molecule has 1 N–H and O–H groups in total. The van der Waals surface area contributed by atoms with Gasteiger partial charge in [-0.2, -0.15) is 0 Å². The van der Waals surface area contributed by atoms with E-state index >= 15 is 0 Å². The number of unbranched alkanes of at least 4 members (excludes halogenated alkanes) is 2. The summed E-state index contributed by atoms with van der Waals surface area (Å²) in [7, 11) is -2.84. The maximum atomic E-state index is 11.0. The van der Waals surface area contributed by atoms with Gasteiger partial charge in [0, 0.05) is 12.8 Å². The first-order valence-electron chi connectivity index (χ1n) is 7.61. The molecule has 0 amide bonds. The molecular formula is C16H27NO3S. The van der Waals surface area contributed by atoms with Crippen molar-refractivity contribution >= 4 is 9.84 Å². The fourth-order valence-corrected chi connectivity index (χ4v) is 2.61. The lowest BCUT2D eigenvalue weighted by Gasteiger charge is -2.08. The van der Waals surface area contributed by atoms with Gasteiger partial charge < -0.3 is 10.1 Å². The van der Waals surface area contributed by atoms with Crippen LogP contribution in [-0.2, 0) is 16.4 Å². The molecule has 0 aromatic heterocycles. The molecule has 1 rings (SSSR count). The zero-order valence-corrected chi connectivity index (χ0v) is 13.9. The van der Waals surface area contributed by atoms with E-state index in [2.05, 4.69) is 12.2 Å². The van der Waals surface area contributed by atoms with Gasteiger partial charge in [0.25, 0.3) is 0 Å². The van der Waals surface area contributed by atoms with Crippen LogP contribution in [0.3, 0.4) is 0 Å². The summed E-state index contributed by atoms with van der Waals surface area (Å²) in [6, 6.07) is 8.05. The third kappa shape index (κ3) is 9.47. The van der Waals surface area contributed by atoms with Crippen molar-refractivity contribution in [3.8, 4) is 5.75 Å². The Morgan fingerprint density at radius 1 is 1.10 bits per heavy atom. The van der Waals surface area contributed by atoms with Crippen LogP contribution in [0.2, 0.25) is 0 Å². The maximum absolute atomic E-state index is 11.0. The minimum absolute atomic E-state index is 0.241. The van der Waals surface area contributed by atoms with Crippen LogP contribution in [0.25, 0.3) is 0 Å². The van der Waals surface area contributed by atoms with Gasteiger partial charge in [-0.05, 0) is 37.1 Å². The molecule has 0 aliphatic carbocycles. The van der Waals surface area contributed by atoms with Crippen LogP contribution >= 0.6 is 0 Å². The number of hydrogen-bond acceptors (Lipinski definition) is 4. The van der Waals surface area contributed by atoms with Crippen LogP contribution in [0.4, 0.5) is 0 Å². The fraction of sp³-hybridized carbons (Fsp3) is 0.625. The second-order valence-electron chi connectivity index (χ2n) is 5.36. The molecule has 1 aromatic carbocycles. The van der Waals surface area contributed by atoms with E-state index < -0.39 is 9.84 Å². The van der Waals surface area contributed by atoms with E-state index in [4.69, 9.17) is 4.74 Å². The number of sulfone groups is 1. The second-order valence-corrected chi connectivity index (χ2v) is 7.62. The first-order valence-corrected chi connectivity index (χ1v) is 9.67. The Labute approximate surface area is 128 Å². The van der Waals surface area contributed by atoms with Crippen LogP contribution < -0.4 is 10.1 Å². The molecule has 0 spiro atoms. The number of ether oxygens (including phenoxy) is 1. The molecule has 0 bridgehead atoms. The van der Waals surface area contributed by atoms with Crippen LogP contribution in [-0.4, -0.2) is 33.6 Å². The van der Waals surface area contributed by atoms with Crippen molar-refractivity contribution in [2.24, 2.45) is 0 Å². The predicted octanol–water partition coefficient (Wildman–Crippen LogP) is 2.78. The molecule has 21 heavy (non-hydrogen) atoms. The average molecular weight is 313 g/mol. The minimum atomic E-state index is -2.84. The molecular weight excluding hydrogens is 286 g/mol. The first-order chi connectivity index (χ1) is 10.0. The van der Waals surface area contributed by atoms with Crippen LogP contribution in [0.5, 0.6) is 5.75 Å². The lowest BCUT2D eigenvalue weighted by Crippen LogP contribution is -2.17. The predicted molar refractivity (Wildman–Crippen MR) is 87.5 cm³/mol. The minimum Gasteiger partial charge on any atom is -0.494 e. The molecule has 120 valence electrons. The van der Waals surface area contributed by atoms with Crippen molar-refractivity contribution in [1.82, 2.24) is 5.32 Å². The summed E-state index contributed by atoms with van der Waals surface area (Å²) in [5.74, 6) is 1.15. The molecule has 0 atom stereocenters. The van der Waals surface area contributed by atoms with E-state index in [1.54, 1.807) is 0 Å². The van der Waals surface area contributed by atoms with Crippen molar-refractivity contribution < 1.29 is 13.2 Å². The van der Waals surface area contributed by atoms with Crippen LogP contribution in [0, 0.1) is 0 Å². The van der Waals surface area contributed by atoms with Gasteiger partial charge in [-0.3, -0.25) is 0 Å². The fourth-order valence-electron chi connectivity index (χ4n) is 1.94. The third-order valence-electron chi connectivity index (χ3n) is 3.14. The maximum Gasteiger partial charge on any atom is 0.147 e. The van der Waals surface area contributed by atoms with Gasteiger partial charge in [0.05, 0.1) is 12.4 Å². The Balaban J connectivity index is 2.19. The van der Waals surface area contributed by atoms with E-state index in [9.17, 15) is 8.42 Å². The molecule has 1 aromatic rings. The van der Waals surface area contributed by atoms with E-state index in [1.165, 1.54) is 24.7 Å². The normalized spacial score (nSPS) is 11.5. The standard InChI is InChI=1S/C16H27NO3S/c1-3-4-5-12-20-16-9-7-15(8-10-16)14-17-11-6-13-21(2,18)19/h7-10,17H,3-6,11-14H2,1-2H3. The Kier molecular flexibility index (Phi) is 8.38. The van der Waals surface area contributed by atoms with Gasteiger partial charge in [0.2, 0.25) is 0 Å². The molecule has 0 saturated carbocycles. The lowest BCUT2D eigenvalue weighted by atomic mass is 10.2. The summed E-state index contributed by atoms with van der Waals surface area (Å²) in [4.78, 5) is 0. The number of benzene rings is 1. The molecule has 4 nitrogen and oxygen atoms in total. The summed E-state index contributed by atoms with van der Waals surface area (Å²) in [5.41, 5.74) is 1.18. The zero-order chi connectivity index (χ0) is 15.6. The van der Waals surface area contributed by atoms with Crippen LogP contribution in [0.1, 0.15) is 38.2 Å². The lowest BCUT2D eigenvalue weighted by molar-refractivity contribution is 0.306. The van der Waals surface area contributed by atoms with Gasteiger partial charge in [-0.1, -0.05) is 31.9 Å². The summed E-state index contributed by atoms with van der Waals surface area (Å²) in [5, 5.41) is 3.25. The molecule has 0 heterocycles. The van der Waals surface area contributed by atoms with E-state index in [0.717, 1.165) is 25.3 Å². The molecule has 5 heteroatoms. The summed E-state index contributed by atoms with van der Waals surface area (Å²) in [6.45, 7) is 4.41. The monoisotopic (exact) mass is 313 g/mol. The van der Waals surface area contributed by atoms with E-state index in [-0.39, 0.29) is 5.75 Å². The highest BCUT2D eigenvalue weighted by atomic mass is 32.2. The van der Waals surface area contributed by atoms with Crippen molar-refractivity contribution in [3.05, 3.63) is 29.8 Å². The SMILES string of the molecule is CCCCCOc1ccc(CNCCCS(C)(=O)=O)cc1. The van der Waals surface area contributed by atoms with Crippen LogP contribution in [0.15, 0.2) is 24.3 Å². The van der Waals surface area contributed by atoms with Crippen molar-refractivity contribution in [1.29, 1.82) is 0 Å².